The minimum absolute atomic E-state index is 0.526. The quantitative estimate of drug-likeness (QED) is 0.159. The third-order valence-electron chi connectivity index (χ3n) is 13.3. The van der Waals surface area contributed by atoms with Gasteiger partial charge in [-0.15, -0.1) is 11.3 Å². The van der Waals surface area contributed by atoms with Gasteiger partial charge in [-0.05, 0) is 117 Å². The van der Waals surface area contributed by atoms with Crippen LogP contribution in [0.4, 0.5) is 17.1 Å². The van der Waals surface area contributed by atoms with E-state index in [-0.39, 0.29) is 0 Å². The summed E-state index contributed by atoms with van der Waals surface area (Å²) in [5.74, 6) is 0. The van der Waals surface area contributed by atoms with E-state index in [9.17, 15) is 0 Å². The summed E-state index contributed by atoms with van der Waals surface area (Å²) in [5, 5.41) is 4.85. The third kappa shape index (κ3) is 5.58. The minimum atomic E-state index is -0.526. The average molecular weight is 834 g/mol. The fourth-order valence-electron chi connectivity index (χ4n) is 10.5. The number of hydrogen-bond acceptors (Lipinski definition) is 3. The maximum atomic E-state index is 6.25. The molecule has 0 N–H and O–H groups in total. The maximum Gasteiger partial charge on any atom is 0.135 e. The van der Waals surface area contributed by atoms with Gasteiger partial charge in [0, 0.05) is 47.9 Å². The third-order valence-corrected chi connectivity index (χ3v) is 14.5. The molecule has 13 rings (SSSR count). The van der Waals surface area contributed by atoms with Gasteiger partial charge >= 0.3 is 0 Å². The van der Waals surface area contributed by atoms with Crippen LogP contribution in [0.5, 0.6) is 0 Å². The molecule has 64 heavy (non-hydrogen) atoms. The van der Waals surface area contributed by atoms with Crippen LogP contribution in [0.25, 0.3) is 75.5 Å². The van der Waals surface area contributed by atoms with Crippen LogP contribution in [0.1, 0.15) is 22.3 Å². The van der Waals surface area contributed by atoms with Crippen molar-refractivity contribution in [1.82, 2.24) is 0 Å². The summed E-state index contributed by atoms with van der Waals surface area (Å²) in [7, 11) is 0. The Morgan fingerprint density at radius 2 is 0.906 bits per heavy atom. The summed E-state index contributed by atoms with van der Waals surface area (Å²) in [4.78, 5) is 2.49. The lowest BCUT2D eigenvalue weighted by Crippen LogP contribution is -2.28. The van der Waals surface area contributed by atoms with E-state index >= 15 is 0 Å². The molecule has 0 fully saturated rings. The average Bonchev–Trinajstić information content (AvgIpc) is 4.03. The van der Waals surface area contributed by atoms with Crippen LogP contribution >= 0.6 is 11.3 Å². The summed E-state index contributed by atoms with van der Waals surface area (Å²) < 4.78 is 8.87. The minimum Gasteiger partial charge on any atom is -0.456 e. The van der Waals surface area contributed by atoms with Crippen LogP contribution in [0, 0.1) is 0 Å². The molecule has 1 aliphatic rings. The zero-order chi connectivity index (χ0) is 42.2. The number of anilines is 3. The van der Waals surface area contributed by atoms with Gasteiger partial charge in [0.25, 0.3) is 0 Å². The first-order valence-electron chi connectivity index (χ1n) is 21.9. The van der Waals surface area contributed by atoms with Gasteiger partial charge in [-0.25, -0.2) is 0 Å². The molecule has 0 atom stereocenters. The van der Waals surface area contributed by atoms with Crippen LogP contribution in [0.2, 0.25) is 0 Å². The largest absolute Gasteiger partial charge is 0.456 e. The van der Waals surface area contributed by atoms with E-state index < -0.39 is 5.41 Å². The van der Waals surface area contributed by atoms with E-state index in [4.69, 9.17) is 4.42 Å². The first-order chi connectivity index (χ1) is 31.7. The smallest absolute Gasteiger partial charge is 0.135 e. The van der Waals surface area contributed by atoms with E-state index in [0.717, 1.165) is 50.1 Å². The fraction of sp³-hybridized carbons (Fsp3) is 0.0164. The molecule has 2 aromatic heterocycles. The van der Waals surface area contributed by atoms with Crippen molar-refractivity contribution in [3.05, 3.63) is 259 Å². The highest BCUT2D eigenvalue weighted by atomic mass is 32.1. The van der Waals surface area contributed by atoms with Crippen LogP contribution in [0.3, 0.4) is 0 Å². The normalized spacial score (nSPS) is 12.8. The molecular formula is C61H39NOS. The second-order valence-electron chi connectivity index (χ2n) is 16.8. The summed E-state index contributed by atoms with van der Waals surface area (Å²) in [6, 6.07) is 86.8. The van der Waals surface area contributed by atoms with E-state index in [1.807, 2.05) is 23.5 Å². The lowest BCUT2D eigenvalue weighted by Gasteiger charge is -2.34. The van der Waals surface area contributed by atoms with E-state index in [0.29, 0.717) is 0 Å². The second kappa shape index (κ2) is 14.6. The number of rotatable bonds is 7. The highest BCUT2D eigenvalue weighted by Gasteiger charge is 2.47. The molecule has 0 amide bonds. The first kappa shape index (κ1) is 36.7. The lowest BCUT2D eigenvalue weighted by atomic mass is 9.68. The zero-order valence-electron chi connectivity index (χ0n) is 34.8. The Kier molecular flexibility index (Phi) is 8.34. The van der Waals surface area contributed by atoms with Crippen LogP contribution in [-0.4, -0.2) is 0 Å². The van der Waals surface area contributed by atoms with Gasteiger partial charge in [0.1, 0.15) is 11.2 Å². The number of fused-ring (bicyclic) bond motifs is 9. The number of furan rings is 1. The van der Waals surface area contributed by atoms with Crippen LogP contribution in [0.15, 0.2) is 241 Å². The van der Waals surface area contributed by atoms with Crippen molar-refractivity contribution in [2.45, 2.75) is 5.41 Å². The zero-order valence-corrected chi connectivity index (χ0v) is 35.6. The Labute approximate surface area is 375 Å². The Balaban J connectivity index is 1.05. The molecule has 300 valence electrons. The van der Waals surface area contributed by atoms with Crippen molar-refractivity contribution < 1.29 is 4.42 Å². The van der Waals surface area contributed by atoms with Crippen molar-refractivity contribution in [2.24, 2.45) is 0 Å². The molecule has 0 bridgehead atoms. The summed E-state index contributed by atoms with van der Waals surface area (Å²) in [5.41, 5.74) is 16.7. The monoisotopic (exact) mass is 833 g/mol. The van der Waals surface area contributed by atoms with Gasteiger partial charge < -0.3 is 9.32 Å². The van der Waals surface area contributed by atoms with E-state index in [2.05, 4.69) is 229 Å². The summed E-state index contributed by atoms with van der Waals surface area (Å²) in [6.45, 7) is 0. The Bertz CT molecular complexity index is 3550. The Hall–Kier alpha value is -7.98. The van der Waals surface area contributed by atoms with Gasteiger partial charge in [0.15, 0.2) is 0 Å². The molecule has 10 aromatic carbocycles. The highest BCUT2D eigenvalue weighted by Crippen LogP contribution is 2.59. The molecule has 3 heteroatoms. The topological polar surface area (TPSA) is 16.4 Å². The Morgan fingerprint density at radius 1 is 0.359 bits per heavy atom. The van der Waals surface area contributed by atoms with Crippen LogP contribution < -0.4 is 4.90 Å². The maximum absolute atomic E-state index is 6.25. The van der Waals surface area contributed by atoms with Gasteiger partial charge in [-0.2, -0.15) is 0 Å². The van der Waals surface area contributed by atoms with Crippen LogP contribution in [-0.2, 0) is 5.41 Å². The van der Waals surface area contributed by atoms with Crippen molar-refractivity contribution in [2.75, 3.05) is 4.90 Å². The molecule has 2 nitrogen and oxygen atoms in total. The van der Waals surface area contributed by atoms with Crippen molar-refractivity contribution in [1.29, 1.82) is 0 Å². The summed E-state index contributed by atoms with van der Waals surface area (Å²) >= 11 is 1.86. The second-order valence-corrected chi connectivity index (χ2v) is 17.9. The molecule has 2 heterocycles. The molecule has 0 unspecified atom stereocenters. The molecular weight excluding hydrogens is 795 g/mol. The van der Waals surface area contributed by atoms with E-state index in [1.54, 1.807) is 0 Å². The number of thiophene rings is 1. The fourth-order valence-corrected chi connectivity index (χ4v) is 11.6. The standard InChI is InChI=1S/C61H39NOS/c1-3-18-44(19-4-1)61(45-20-5-2-6-21-45)53-27-10-7-26-50(53)60-54(61)28-15-29-55(60)62(46-22-13-16-40(36-46)42-32-34-57-51(38-42)48-24-8-11-30-56(48)63-57)47-23-14-17-41(37-47)43-33-35-59-52(39-43)49-25-9-12-31-58(49)64-59/h1-39H. The number of benzene rings is 10. The lowest BCUT2D eigenvalue weighted by molar-refractivity contribution is 0.669. The first-order valence-corrected chi connectivity index (χ1v) is 22.7. The SMILES string of the molecule is c1ccc(C2(c3ccccc3)c3ccccc3-c3c(N(c4cccc(-c5ccc6oc7ccccc7c6c5)c4)c4cccc(-c5ccc6sc7ccccc7c6c5)c4)cccc32)cc1. The predicted octanol–water partition coefficient (Wildman–Crippen LogP) is 17.1. The predicted molar refractivity (Wildman–Crippen MR) is 269 cm³/mol. The molecule has 0 saturated heterocycles. The van der Waals surface area contributed by atoms with Crippen molar-refractivity contribution >= 4 is 70.5 Å². The number of para-hydroxylation sites is 1. The molecule has 0 radical (unpaired) electrons. The Morgan fingerprint density at radius 3 is 1.66 bits per heavy atom. The number of nitrogens with zero attached hydrogens (tertiary/aromatic N) is 1. The molecule has 0 spiro atoms. The van der Waals surface area contributed by atoms with Crippen molar-refractivity contribution in [3.63, 3.8) is 0 Å². The molecule has 12 aromatic rings. The number of hydrogen-bond donors (Lipinski definition) is 0. The van der Waals surface area contributed by atoms with Gasteiger partial charge in [-0.1, -0.05) is 170 Å². The van der Waals surface area contributed by atoms with E-state index in [1.165, 1.54) is 64.7 Å². The van der Waals surface area contributed by atoms with Crippen molar-refractivity contribution in [3.8, 4) is 33.4 Å². The molecule has 0 saturated carbocycles. The molecule has 1 aliphatic carbocycles. The summed E-state index contributed by atoms with van der Waals surface area (Å²) in [6.07, 6.45) is 0. The van der Waals surface area contributed by atoms with Gasteiger partial charge in [0.05, 0.1) is 11.1 Å². The van der Waals surface area contributed by atoms with Gasteiger partial charge in [0.2, 0.25) is 0 Å². The van der Waals surface area contributed by atoms with Gasteiger partial charge in [-0.3, -0.25) is 0 Å². The molecule has 0 aliphatic heterocycles. The highest BCUT2D eigenvalue weighted by molar-refractivity contribution is 7.25.